The first-order valence-electron chi connectivity index (χ1n) is 8.73. The number of aromatic nitrogens is 2. The lowest BCUT2D eigenvalue weighted by Gasteiger charge is -2.08. The molecule has 2 aromatic carbocycles. The maximum Gasteiger partial charge on any atom is 0.288 e. The van der Waals surface area contributed by atoms with Crippen LogP contribution in [-0.2, 0) is 11.2 Å². The predicted octanol–water partition coefficient (Wildman–Crippen LogP) is 3.17. The molecule has 0 spiro atoms. The zero-order valence-electron chi connectivity index (χ0n) is 15.0. The standard InChI is InChI=1S/C21H17FN4O2/c1-12-15(16-10-14(22)7-9-18(16)23-12)11-20(27)25-26-21(28)19-8-6-13-4-2-3-5-17(13)24-19/h2-10,23H,11H2,1H3,(H,25,27)(H,26,28). The molecule has 2 amide bonds. The lowest BCUT2D eigenvalue weighted by Crippen LogP contribution is -2.42. The van der Waals surface area contributed by atoms with Crippen molar-refractivity contribution in [3.05, 3.63) is 77.4 Å². The molecule has 3 N–H and O–H groups in total. The molecule has 0 saturated carbocycles. The molecule has 4 rings (SSSR count). The van der Waals surface area contributed by atoms with Gasteiger partial charge >= 0.3 is 0 Å². The van der Waals surface area contributed by atoms with Gasteiger partial charge in [0.2, 0.25) is 5.91 Å². The molecule has 0 radical (unpaired) electrons. The van der Waals surface area contributed by atoms with E-state index in [0.717, 1.165) is 16.6 Å². The number of halogens is 1. The minimum Gasteiger partial charge on any atom is -0.358 e. The highest BCUT2D eigenvalue weighted by atomic mass is 19.1. The summed E-state index contributed by atoms with van der Waals surface area (Å²) in [5.41, 5.74) is 7.87. The highest BCUT2D eigenvalue weighted by Crippen LogP contribution is 2.23. The Balaban J connectivity index is 1.45. The fraction of sp³-hybridized carbons (Fsp3) is 0.0952. The van der Waals surface area contributed by atoms with E-state index in [1.54, 1.807) is 18.2 Å². The van der Waals surface area contributed by atoms with Gasteiger partial charge in [0.1, 0.15) is 11.5 Å². The number of carbonyl (C=O) groups is 2. The van der Waals surface area contributed by atoms with E-state index in [1.165, 1.54) is 12.1 Å². The molecular formula is C21H17FN4O2. The van der Waals surface area contributed by atoms with Gasteiger partial charge in [-0.3, -0.25) is 20.4 Å². The summed E-state index contributed by atoms with van der Waals surface area (Å²) in [6.45, 7) is 1.82. The van der Waals surface area contributed by atoms with Gasteiger partial charge in [-0.2, -0.15) is 0 Å². The van der Waals surface area contributed by atoms with Crippen LogP contribution < -0.4 is 10.9 Å². The quantitative estimate of drug-likeness (QED) is 0.480. The van der Waals surface area contributed by atoms with Crippen molar-refractivity contribution in [1.82, 2.24) is 20.8 Å². The van der Waals surface area contributed by atoms with Crippen LogP contribution in [0.4, 0.5) is 4.39 Å². The molecule has 28 heavy (non-hydrogen) atoms. The Hall–Kier alpha value is -3.74. The molecule has 2 heterocycles. The number of carbonyl (C=O) groups excluding carboxylic acids is 2. The fourth-order valence-corrected chi connectivity index (χ4v) is 3.17. The summed E-state index contributed by atoms with van der Waals surface area (Å²) in [6.07, 6.45) is 0.000710. The molecule has 0 atom stereocenters. The van der Waals surface area contributed by atoms with Gasteiger partial charge in [-0.25, -0.2) is 9.37 Å². The highest BCUT2D eigenvalue weighted by Gasteiger charge is 2.14. The van der Waals surface area contributed by atoms with Crippen LogP contribution in [-0.4, -0.2) is 21.8 Å². The number of rotatable bonds is 3. The van der Waals surface area contributed by atoms with Gasteiger partial charge in [0.05, 0.1) is 11.9 Å². The number of pyridine rings is 1. The van der Waals surface area contributed by atoms with E-state index >= 15 is 0 Å². The summed E-state index contributed by atoms with van der Waals surface area (Å²) < 4.78 is 13.5. The second-order valence-electron chi connectivity index (χ2n) is 6.49. The number of hydrogen-bond acceptors (Lipinski definition) is 3. The average Bonchev–Trinajstić information content (AvgIpc) is 3.00. The number of aryl methyl sites for hydroxylation is 1. The predicted molar refractivity (Wildman–Crippen MR) is 104 cm³/mol. The van der Waals surface area contributed by atoms with E-state index in [-0.39, 0.29) is 17.9 Å². The monoisotopic (exact) mass is 376 g/mol. The number of hydrogen-bond donors (Lipinski definition) is 3. The molecular weight excluding hydrogens is 359 g/mol. The van der Waals surface area contributed by atoms with Crippen LogP contribution in [0.15, 0.2) is 54.6 Å². The second kappa shape index (κ2) is 7.11. The van der Waals surface area contributed by atoms with E-state index in [4.69, 9.17) is 0 Å². The molecule has 0 aliphatic heterocycles. The van der Waals surface area contributed by atoms with Crippen molar-refractivity contribution in [3.63, 3.8) is 0 Å². The number of aromatic amines is 1. The number of para-hydroxylation sites is 1. The van der Waals surface area contributed by atoms with Gasteiger partial charge in [0.25, 0.3) is 5.91 Å². The first kappa shape index (κ1) is 17.7. The van der Waals surface area contributed by atoms with E-state index < -0.39 is 11.8 Å². The van der Waals surface area contributed by atoms with Crippen LogP contribution in [0.2, 0.25) is 0 Å². The molecule has 7 heteroatoms. The summed E-state index contributed by atoms with van der Waals surface area (Å²) in [4.78, 5) is 32.0. The maximum absolute atomic E-state index is 13.5. The van der Waals surface area contributed by atoms with Gasteiger partial charge in [-0.05, 0) is 42.8 Å². The van der Waals surface area contributed by atoms with Crippen LogP contribution in [0.3, 0.4) is 0 Å². The smallest absolute Gasteiger partial charge is 0.288 e. The lowest BCUT2D eigenvalue weighted by atomic mass is 10.1. The Kier molecular flexibility index (Phi) is 4.49. The largest absolute Gasteiger partial charge is 0.358 e. The Bertz CT molecular complexity index is 1220. The number of benzene rings is 2. The highest BCUT2D eigenvalue weighted by molar-refractivity contribution is 5.96. The fourth-order valence-electron chi connectivity index (χ4n) is 3.17. The number of nitrogens with zero attached hydrogens (tertiary/aromatic N) is 1. The normalized spacial score (nSPS) is 10.9. The average molecular weight is 376 g/mol. The van der Waals surface area contributed by atoms with Crippen molar-refractivity contribution in [2.24, 2.45) is 0 Å². The summed E-state index contributed by atoms with van der Waals surface area (Å²) in [5, 5.41) is 1.57. The van der Waals surface area contributed by atoms with Gasteiger partial charge < -0.3 is 4.98 Å². The van der Waals surface area contributed by atoms with E-state index in [9.17, 15) is 14.0 Å². The van der Waals surface area contributed by atoms with E-state index in [0.29, 0.717) is 16.5 Å². The van der Waals surface area contributed by atoms with Gasteiger partial charge in [0, 0.05) is 22.0 Å². The molecule has 6 nitrogen and oxygen atoms in total. The van der Waals surface area contributed by atoms with E-state index in [1.807, 2.05) is 31.2 Å². The Labute approximate surface area is 159 Å². The zero-order chi connectivity index (χ0) is 19.7. The van der Waals surface area contributed by atoms with Crippen molar-refractivity contribution in [2.75, 3.05) is 0 Å². The van der Waals surface area contributed by atoms with Crippen LogP contribution >= 0.6 is 0 Å². The van der Waals surface area contributed by atoms with Crippen LogP contribution in [0.5, 0.6) is 0 Å². The Morgan fingerprint density at radius 3 is 2.75 bits per heavy atom. The van der Waals surface area contributed by atoms with Crippen molar-refractivity contribution in [1.29, 1.82) is 0 Å². The second-order valence-corrected chi connectivity index (χ2v) is 6.49. The summed E-state index contributed by atoms with van der Waals surface area (Å²) >= 11 is 0. The van der Waals surface area contributed by atoms with Gasteiger partial charge in [-0.1, -0.05) is 24.3 Å². The molecule has 0 saturated heterocycles. The topological polar surface area (TPSA) is 86.9 Å². The summed E-state index contributed by atoms with van der Waals surface area (Å²) in [7, 11) is 0. The summed E-state index contributed by atoms with van der Waals surface area (Å²) in [5.74, 6) is -1.30. The van der Waals surface area contributed by atoms with Crippen LogP contribution in [0.1, 0.15) is 21.7 Å². The number of H-pyrrole nitrogens is 1. The van der Waals surface area contributed by atoms with Crippen LogP contribution in [0.25, 0.3) is 21.8 Å². The molecule has 4 aromatic rings. The summed E-state index contributed by atoms with van der Waals surface area (Å²) in [6, 6.07) is 15.2. The van der Waals surface area contributed by atoms with Crippen LogP contribution in [0, 0.1) is 12.7 Å². The van der Waals surface area contributed by atoms with E-state index in [2.05, 4.69) is 20.8 Å². The first-order valence-corrected chi connectivity index (χ1v) is 8.73. The number of amides is 2. The lowest BCUT2D eigenvalue weighted by molar-refractivity contribution is -0.121. The molecule has 0 aliphatic carbocycles. The molecule has 2 aromatic heterocycles. The van der Waals surface area contributed by atoms with Crippen molar-refractivity contribution in [2.45, 2.75) is 13.3 Å². The SMILES string of the molecule is Cc1[nH]c2ccc(F)cc2c1CC(=O)NNC(=O)c1ccc2ccccc2n1. The molecule has 0 aliphatic rings. The van der Waals surface area contributed by atoms with Crippen molar-refractivity contribution >= 4 is 33.6 Å². The molecule has 0 unspecified atom stereocenters. The number of hydrazine groups is 1. The third-order valence-corrected chi connectivity index (χ3v) is 4.57. The molecule has 0 fully saturated rings. The Morgan fingerprint density at radius 2 is 1.89 bits per heavy atom. The number of nitrogens with one attached hydrogen (secondary N) is 3. The van der Waals surface area contributed by atoms with Gasteiger partial charge in [0.15, 0.2) is 0 Å². The van der Waals surface area contributed by atoms with Gasteiger partial charge in [-0.15, -0.1) is 0 Å². The molecule has 140 valence electrons. The Morgan fingerprint density at radius 1 is 1.07 bits per heavy atom. The first-order chi connectivity index (χ1) is 13.5. The molecule has 0 bridgehead atoms. The minimum absolute atomic E-state index is 0.000710. The third kappa shape index (κ3) is 3.42. The third-order valence-electron chi connectivity index (χ3n) is 4.57. The van der Waals surface area contributed by atoms with Crippen molar-refractivity contribution in [3.8, 4) is 0 Å². The minimum atomic E-state index is -0.513. The zero-order valence-corrected chi connectivity index (χ0v) is 15.0. The number of fused-ring (bicyclic) bond motifs is 2. The van der Waals surface area contributed by atoms with Crippen molar-refractivity contribution < 1.29 is 14.0 Å². The maximum atomic E-state index is 13.5.